The maximum Gasteiger partial charge on any atom is 0.271 e. The fourth-order valence-corrected chi connectivity index (χ4v) is 4.91. The maximum atomic E-state index is 14.0. The Labute approximate surface area is 225 Å². The van der Waals surface area contributed by atoms with Gasteiger partial charge in [0.15, 0.2) is 0 Å². The molecule has 9 heteroatoms. The molecular weight excluding hydrogens is 506 g/mol. The lowest BCUT2D eigenvalue weighted by molar-refractivity contribution is -0.133. The van der Waals surface area contributed by atoms with Gasteiger partial charge in [0.25, 0.3) is 5.91 Å². The molecule has 0 fully saturated rings. The Hall–Kier alpha value is -4.17. The van der Waals surface area contributed by atoms with E-state index in [4.69, 9.17) is 25.5 Å². The number of carbonyl (C=O) groups is 2. The minimum absolute atomic E-state index is 0.165. The number of rotatable bonds is 8. The lowest BCUT2D eigenvalue weighted by atomic mass is 9.93. The summed E-state index contributed by atoms with van der Waals surface area (Å²) < 4.78 is 18.4. The van der Waals surface area contributed by atoms with Crippen LogP contribution >= 0.6 is 11.6 Å². The third kappa shape index (κ3) is 4.63. The lowest BCUT2D eigenvalue weighted by Crippen LogP contribution is -2.63. The predicted octanol–water partition coefficient (Wildman–Crippen LogP) is 5.15. The summed E-state index contributed by atoms with van der Waals surface area (Å²) in [5, 5.41) is 3.65. The first kappa shape index (κ1) is 25.5. The van der Waals surface area contributed by atoms with E-state index in [0.717, 1.165) is 16.8 Å². The minimum Gasteiger partial charge on any atom is -0.497 e. The molecule has 8 nitrogen and oxygen atoms in total. The molecule has 0 saturated carbocycles. The predicted molar refractivity (Wildman–Crippen MR) is 143 cm³/mol. The molecule has 5 rings (SSSR count). The van der Waals surface area contributed by atoms with Gasteiger partial charge in [-0.1, -0.05) is 23.7 Å². The number of nitrogens with zero attached hydrogens (tertiary/aromatic N) is 2. The van der Waals surface area contributed by atoms with E-state index in [9.17, 15) is 9.59 Å². The monoisotopic (exact) mass is 533 g/mol. The van der Waals surface area contributed by atoms with E-state index in [1.54, 1.807) is 62.6 Å². The number of nitrogens with one attached hydrogen (secondary N) is 1. The van der Waals surface area contributed by atoms with Crippen molar-refractivity contribution in [3.63, 3.8) is 0 Å². The molecule has 3 heterocycles. The van der Waals surface area contributed by atoms with Gasteiger partial charge in [0.05, 0.1) is 39.3 Å². The summed E-state index contributed by atoms with van der Waals surface area (Å²) >= 11 is 6.01. The topological polar surface area (TPSA) is 85.9 Å². The van der Waals surface area contributed by atoms with E-state index in [-0.39, 0.29) is 24.9 Å². The van der Waals surface area contributed by atoms with Gasteiger partial charge in [0.2, 0.25) is 5.91 Å². The summed E-state index contributed by atoms with van der Waals surface area (Å²) in [5.41, 5.74) is 1.64. The van der Waals surface area contributed by atoms with E-state index < -0.39 is 5.54 Å². The van der Waals surface area contributed by atoms with E-state index in [1.807, 2.05) is 41.0 Å². The highest BCUT2D eigenvalue weighted by Crippen LogP contribution is 2.36. The van der Waals surface area contributed by atoms with Crippen LogP contribution in [0.1, 0.15) is 28.5 Å². The molecule has 4 aromatic rings. The largest absolute Gasteiger partial charge is 0.497 e. The number of halogens is 1. The summed E-state index contributed by atoms with van der Waals surface area (Å²) in [7, 11) is 3.14. The molecule has 0 radical (unpaired) electrons. The van der Waals surface area contributed by atoms with E-state index in [2.05, 4.69) is 5.32 Å². The molecule has 38 heavy (non-hydrogen) atoms. The SMILES string of the molecule is COc1ccc(CN2C(=O)c3ccc(-c4ccco4)n3CC2(C)C(=O)NCc2ccc(Cl)cc2)c(OC)c1. The summed E-state index contributed by atoms with van der Waals surface area (Å²) in [6.45, 7) is 2.48. The maximum absolute atomic E-state index is 14.0. The zero-order valence-electron chi connectivity index (χ0n) is 21.4. The second-order valence-corrected chi connectivity index (χ2v) is 9.76. The molecule has 1 unspecified atom stereocenters. The van der Waals surface area contributed by atoms with Crippen molar-refractivity contribution >= 4 is 23.4 Å². The van der Waals surface area contributed by atoms with Crippen LogP contribution in [0.4, 0.5) is 0 Å². The summed E-state index contributed by atoms with van der Waals surface area (Å²) in [5.74, 6) is 1.28. The van der Waals surface area contributed by atoms with Crippen LogP contribution in [0.25, 0.3) is 11.5 Å². The van der Waals surface area contributed by atoms with Crippen LogP contribution in [0.5, 0.6) is 11.5 Å². The third-order valence-corrected chi connectivity index (χ3v) is 7.21. The standard InChI is InChI=1S/C29H28ClN3O5/c1-29(28(35)31-16-19-6-9-21(30)10-7-19)18-32-23(25-5-4-14-38-25)12-13-24(32)27(34)33(29)17-20-8-11-22(36-2)15-26(20)37-3/h4-15H,16-18H2,1-3H3,(H,31,35). The van der Waals surface area contributed by atoms with Crippen molar-refractivity contribution in [3.05, 3.63) is 94.8 Å². The number of hydrogen-bond acceptors (Lipinski definition) is 5. The van der Waals surface area contributed by atoms with Gasteiger partial charge >= 0.3 is 0 Å². The first-order valence-corrected chi connectivity index (χ1v) is 12.5. The van der Waals surface area contributed by atoms with Crippen LogP contribution in [0.2, 0.25) is 5.02 Å². The first-order chi connectivity index (χ1) is 18.3. The molecule has 0 bridgehead atoms. The molecule has 0 aliphatic carbocycles. The molecule has 0 saturated heterocycles. The third-order valence-electron chi connectivity index (χ3n) is 6.96. The van der Waals surface area contributed by atoms with Crippen LogP contribution in [0.3, 0.4) is 0 Å². The Morgan fingerprint density at radius 3 is 2.50 bits per heavy atom. The second-order valence-electron chi connectivity index (χ2n) is 9.32. The zero-order chi connectivity index (χ0) is 26.9. The zero-order valence-corrected chi connectivity index (χ0v) is 22.1. The number of aromatic nitrogens is 1. The molecule has 1 aliphatic rings. The number of fused-ring (bicyclic) bond motifs is 1. The number of benzene rings is 2. The van der Waals surface area contributed by atoms with Crippen LogP contribution in [-0.2, 0) is 24.4 Å². The van der Waals surface area contributed by atoms with Crippen LogP contribution in [0, 0.1) is 0 Å². The van der Waals surface area contributed by atoms with Crippen LogP contribution in [-0.4, -0.2) is 41.0 Å². The van der Waals surface area contributed by atoms with Crippen molar-refractivity contribution in [3.8, 4) is 23.0 Å². The van der Waals surface area contributed by atoms with Crippen LogP contribution in [0.15, 0.2) is 77.4 Å². The number of ether oxygens (including phenoxy) is 2. The number of amides is 2. The Morgan fingerprint density at radius 2 is 1.82 bits per heavy atom. The molecular formula is C29H28ClN3O5. The molecule has 0 spiro atoms. The van der Waals surface area contributed by atoms with Gasteiger partial charge in [0, 0.05) is 23.2 Å². The molecule has 2 amide bonds. The van der Waals surface area contributed by atoms with Crippen molar-refractivity contribution in [1.82, 2.24) is 14.8 Å². The fraction of sp³-hybridized carbons (Fsp3) is 0.241. The lowest BCUT2D eigenvalue weighted by Gasteiger charge is -2.44. The second kappa shape index (κ2) is 10.3. The Balaban J connectivity index is 1.52. The Bertz CT molecular complexity index is 1460. The van der Waals surface area contributed by atoms with Gasteiger partial charge in [-0.3, -0.25) is 9.59 Å². The Morgan fingerprint density at radius 1 is 1.05 bits per heavy atom. The van der Waals surface area contributed by atoms with Gasteiger partial charge in [-0.2, -0.15) is 0 Å². The molecule has 1 aliphatic heterocycles. The molecule has 2 aromatic heterocycles. The fourth-order valence-electron chi connectivity index (χ4n) is 4.79. The quantitative estimate of drug-likeness (QED) is 0.338. The van der Waals surface area contributed by atoms with Crippen molar-refractivity contribution in [2.45, 2.75) is 32.1 Å². The van der Waals surface area contributed by atoms with Gasteiger partial charge in [-0.05, 0) is 61.0 Å². The highest BCUT2D eigenvalue weighted by Gasteiger charge is 2.48. The van der Waals surface area contributed by atoms with Crippen molar-refractivity contribution in [1.29, 1.82) is 0 Å². The highest BCUT2D eigenvalue weighted by atomic mass is 35.5. The summed E-state index contributed by atoms with van der Waals surface area (Å²) in [6.07, 6.45) is 1.58. The average Bonchev–Trinajstić information content (AvgIpc) is 3.60. The van der Waals surface area contributed by atoms with E-state index in [0.29, 0.717) is 34.5 Å². The van der Waals surface area contributed by atoms with Crippen molar-refractivity contribution in [2.24, 2.45) is 0 Å². The smallest absolute Gasteiger partial charge is 0.271 e. The summed E-state index contributed by atoms with van der Waals surface area (Å²) in [4.78, 5) is 29.5. The van der Waals surface area contributed by atoms with E-state index >= 15 is 0 Å². The van der Waals surface area contributed by atoms with E-state index in [1.165, 1.54) is 0 Å². The van der Waals surface area contributed by atoms with Gasteiger partial charge in [0.1, 0.15) is 28.5 Å². The minimum atomic E-state index is -1.22. The highest BCUT2D eigenvalue weighted by molar-refractivity contribution is 6.30. The Kier molecular flexibility index (Phi) is 6.91. The van der Waals surface area contributed by atoms with Gasteiger partial charge in [-0.15, -0.1) is 0 Å². The average molecular weight is 534 g/mol. The number of methoxy groups -OCH3 is 2. The van der Waals surface area contributed by atoms with Gasteiger partial charge in [-0.25, -0.2) is 0 Å². The normalized spacial score (nSPS) is 16.7. The van der Waals surface area contributed by atoms with Crippen molar-refractivity contribution in [2.75, 3.05) is 14.2 Å². The number of carbonyl (C=O) groups excluding carboxylic acids is 2. The first-order valence-electron chi connectivity index (χ1n) is 12.1. The van der Waals surface area contributed by atoms with Gasteiger partial charge < -0.3 is 28.7 Å². The number of furan rings is 1. The molecule has 196 valence electrons. The summed E-state index contributed by atoms with van der Waals surface area (Å²) in [6, 6.07) is 19.9. The van der Waals surface area contributed by atoms with Crippen molar-refractivity contribution < 1.29 is 23.5 Å². The number of hydrogen-bond donors (Lipinski definition) is 1. The molecule has 1 atom stereocenters. The molecule has 2 aromatic carbocycles. The van der Waals surface area contributed by atoms with Crippen LogP contribution < -0.4 is 14.8 Å². The molecule has 1 N–H and O–H groups in total.